The van der Waals surface area contributed by atoms with Gasteiger partial charge in [0.15, 0.2) is 0 Å². The van der Waals surface area contributed by atoms with Crippen LogP contribution in [0, 0.1) is 5.92 Å². The Labute approximate surface area is 74.8 Å². The SMILES string of the molecule is C=C(CCN)CC1CCCOC1. The molecule has 0 aromatic rings. The van der Waals surface area contributed by atoms with Crippen LogP contribution in [0.4, 0.5) is 0 Å². The molecular weight excluding hydrogens is 150 g/mol. The summed E-state index contributed by atoms with van der Waals surface area (Å²) in [7, 11) is 0. The Morgan fingerprint density at radius 3 is 3.00 bits per heavy atom. The molecule has 0 aromatic heterocycles. The van der Waals surface area contributed by atoms with Crippen molar-refractivity contribution in [2.75, 3.05) is 19.8 Å². The monoisotopic (exact) mass is 169 g/mol. The summed E-state index contributed by atoms with van der Waals surface area (Å²) < 4.78 is 5.39. The van der Waals surface area contributed by atoms with Gasteiger partial charge in [-0.1, -0.05) is 12.2 Å². The van der Waals surface area contributed by atoms with E-state index in [1.807, 2.05) is 0 Å². The average molecular weight is 169 g/mol. The van der Waals surface area contributed by atoms with Gasteiger partial charge in [0.25, 0.3) is 0 Å². The quantitative estimate of drug-likeness (QED) is 0.650. The third-order valence-electron chi connectivity index (χ3n) is 2.33. The van der Waals surface area contributed by atoms with Gasteiger partial charge in [0.2, 0.25) is 0 Å². The molecule has 2 heteroatoms. The molecule has 12 heavy (non-hydrogen) atoms. The van der Waals surface area contributed by atoms with Gasteiger partial charge < -0.3 is 10.5 Å². The number of rotatable bonds is 4. The Kier molecular flexibility index (Phi) is 4.33. The second-order valence-electron chi connectivity index (χ2n) is 3.58. The molecule has 0 aliphatic carbocycles. The maximum atomic E-state index is 5.44. The second kappa shape index (κ2) is 5.33. The van der Waals surface area contributed by atoms with E-state index in [1.54, 1.807) is 0 Å². The fourth-order valence-corrected chi connectivity index (χ4v) is 1.68. The van der Waals surface area contributed by atoms with Gasteiger partial charge in [0, 0.05) is 13.2 Å². The third kappa shape index (κ3) is 3.37. The van der Waals surface area contributed by atoms with Gasteiger partial charge in [-0.25, -0.2) is 0 Å². The molecule has 0 amide bonds. The van der Waals surface area contributed by atoms with E-state index in [1.165, 1.54) is 18.4 Å². The molecule has 1 rings (SSSR count). The first-order valence-corrected chi connectivity index (χ1v) is 4.77. The van der Waals surface area contributed by atoms with E-state index in [0.717, 1.165) is 32.6 Å². The van der Waals surface area contributed by atoms with Gasteiger partial charge in [-0.05, 0) is 38.1 Å². The molecule has 1 saturated heterocycles. The summed E-state index contributed by atoms with van der Waals surface area (Å²) in [6.07, 6.45) is 4.58. The van der Waals surface area contributed by atoms with Crippen LogP contribution >= 0.6 is 0 Å². The van der Waals surface area contributed by atoms with Crippen LogP contribution in [0.5, 0.6) is 0 Å². The van der Waals surface area contributed by atoms with Crippen molar-refractivity contribution in [1.82, 2.24) is 0 Å². The second-order valence-corrected chi connectivity index (χ2v) is 3.58. The van der Waals surface area contributed by atoms with E-state index in [-0.39, 0.29) is 0 Å². The largest absolute Gasteiger partial charge is 0.381 e. The van der Waals surface area contributed by atoms with Crippen molar-refractivity contribution in [2.24, 2.45) is 11.7 Å². The van der Waals surface area contributed by atoms with Crippen LogP contribution in [0.3, 0.4) is 0 Å². The maximum absolute atomic E-state index is 5.44. The summed E-state index contributed by atoms with van der Waals surface area (Å²) in [6, 6.07) is 0. The predicted molar refractivity (Wildman–Crippen MR) is 51.0 cm³/mol. The third-order valence-corrected chi connectivity index (χ3v) is 2.33. The molecule has 1 atom stereocenters. The van der Waals surface area contributed by atoms with E-state index >= 15 is 0 Å². The molecule has 1 heterocycles. The van der Waals surface area contributed by atoms with E-state index in [4.69, 9.17) is 10.5 Å². The molecule has 70 valence electrons. The first-order chi connectivity index (χ1) is 5.83. The molecule has 0 aromatic carbocycles. The molecule has 1 aliphatic heterocycles. The van der Waals surface area contributed by atoms with Crippen molar-refractivity contribution in [3.05, 3.63) is 12.2 Å². The van der Waals surface area contributed by atoms with Gasteiger partial charge in [-0.15, -0.1) is 0 Å². The summed E-state index contributed by atoms with van der Waals surface area (Å²) in [5.41, 5.74) is 6.73. The Morgan fingerprint density at radius 1 is 1.58 bits per heavy atom. The summed E-state index contributed by atoms with van der Waals surface area (Å²) in [4.78, 5) is 0. The number of hydrogen-bond donors (Lipinski definition) is 1. The van der Waals surface area contributed by atoms with Crippen LogP contribution in [0.15, 0.2) is 12.2 Å². The Morgan fingerprint density at radius 2 is 2.42 bits per heavy atom. The topological polar surface area (TPSA) is 35.2 Å². The standard InChI is InChI=1S/C10H19NO/c1-9(4-5-11)7-10-3-2-6-12-8-10/h10H,1-8,11H2. The van der Waals surface area contributed by atoms with Gasteiger partial charge in [0.1, 0.15) is 0 Å². The highest BCUT2D eigenvalue weighted by atomic mass is 16.5. The minimum atomic E-state index is 0.706. The molecule has 0 spiro atoms. The molecule has 1 aliphatic rings. The average Bonchev–Trinajstić information content (AvgIpc) is 2.06. The first-order valence-electron chi connectivity index (χ1n) is 4.77. The van der Waals surface area contributed by atoms with Gasteiger partial charge in [-0.2, -0.15) is 0 Å². The zero-order chi connectivity index (χ0) is 8.81. The van der Waals surface area contributed by atoms with Crippen molar-refractivity contribution in [3.63, 3.8) is 0 Å². The van der Waals surface area contributed by atoms with E-state index < -0.39 is 0 Å². The van der Waals surface area contributed by atoms with E-state index in [0.29, 0.717) is 5.92 Å². The fourth-order valence-electron chi connectivity index (χ4n) is 1.68. The molecule has 2 nitrogen and oxygen atoms in total. The highest BCUT2D eigenvalue weighted by molar-refractivity contribution is 4.96. The lowest BCUT2D eigenvalue weighted by Gasteiger charge is -2.22. The number of ether oxygens (including phenoxy) is 1. The maximum Gasteiger partial charge on any atom is 0.0497 e. The van der Waals surface area contributed by atoms with Crippen molar-refractivity contribution < 1.29 is 4.74 Å². The molecule has 0 bridgehead atoms. The Bertz CT molecular complexity index is 139. The minimum absolute atomic E-state index is 0.706. The molecule has 0 saturated carbocycles. The molecule has 1 fully saturated rings. The smallest absolute Gasteiger partial charge is 0.0497 e. The Balaban J connectivity index is 2.15. The molecule has 0 radical (unpaired) electrons. The van der Waals surface area contributed by atoms with Crippen LogP contribution in [-0.2, 0) is 4.74 Å². The number of nitrogens with two attached hydrogens (primary N) is 1. The molecule has 2 N–H and O–H groups in total. The zero-order valence-corrected chi connectivity index (χ0v) is 7.72. The predicted octanol–water partition coefficient (Wildman–Crippen LogP) is 1.71. The number of hydrogen-bond acceptors (Lipinski definition) is 2. The molecular formula is C10H19NO. The van der Waals surface area contributed by atoms with Crippen molar-refractivity contribution in [3.8, 4) is 0 Å². The van der Waals surface area contributed by atoms with Crippen LogP contribution in [0.1, 0.15) is 25.7 Å². The van der Waals surface area contributed by atoms with Crippen LogP contribution < -0.4 is 5.73 Å². The van der Waals surface area contributed by atoms with Crippen LogP contribution in [0.25, 0.3) is 0 Å². The summed E-state index contributed by atoms with van der Waals surface area (Å²) in [6.45, 7) is 6.60. The van der Waals surface area contributed by atoms with Crippen molar-refractivity contribution in [2.45, 2.75) is 25.7 Å². The fraction of sp³-hybridized carbons (Fsp3) is 0.800. The van der Waals surface area contributed by atoms with Crippen molar-refractivity contribution >= 4 is 0 Å². The summed E-state index contributed by atoms with van der Waals surface area (Å²) >= 11 is 0. The minimum Gasteiger partial charge on any atom is -0.381 e. The van der Waals surface area contributed by atoms with E-state index in [9.17, 15) is 0 Å². The van der Waals surface area contributed by atoms with Gasteiger partial charge >= 0.3 is 0 Å². The van der Waals surface area contributed by atoms with Crippen LogP contribution in [0.2, 0.25) is 0 Å². The van der Waals surface area contributed by atoms with Gasteiger partial charge in [0.05, 0.1) is 0 Å². The van der Waals surface area contributed by atoms with E-state index in [2.05, 4.69) is 6.58 Å². The lowest BCUT2D eigenvalue weighted by molar-refractivity contribution is 0.0548. The Hall–Kier alpha value is -0.340. The lowest BCUT2D eigenvalue weighted by Crippen LogP contribution is -2.18. The highest BCUT2D eigenvalue weighted by Gasteiger charge is 2.14. The summed E-state index contributed by atoms with van der Waals surface area (Å²) in [5.74, 6) is 0.706. The zero-order valence-electron chi connectivity index (χ0n) is 7.72. The van der Waals surface area contributed by atoms with Crippen molar-refractivity contribution in [1.29, 1.82) is 0 Å². The van der Waals surface area contributed by atoms with Crippen LogP contribution in [-0.4, -0.2) is 19.8 Å². The van der Waals surface area contributed by atoms with Gasteiger partial charge in [-0.3, -0.25) is 0 Å². The normalized spacial score (nSPS) is 23.9. The highest BCUT2D eigenvalue weighted by Crippen LogP contribution is 2.21. The molecule has 1 unspecified atom stereocenters. The first kappa shape index (κ1) is 9.75. The lowest BCUT2D eigenvalue weighted by atomic mass is 9.93. The summed E-state index contributed by atoms with van der Waals surface area (Å²) in [5, 5.41) is 0.